The molecule has 4 aliphatic rings. The van der Waals surface area contributed by atoms with Crippen LogP contribution in [0.5, 0.6) is 0 Å². The second-order valence-corrected chi connectivity index (χ2v) is 13.4. The van der Waals surface area contributed by atoms with E-state index in [1.54, 1.807) is 5.56 Å². The van der Waals surface area contributed by atoms with Gasteiger partial charge < -0.3 is 9.31 Å². The molecule has 0 amide bonds. The predicted octanol–water partition coefficient (Wildman–Crippen LogP) is 7.50. The summed E-state index contributed by atoms with van der Waals surface area (Å²) in [5, 5.41) is 2.80. The maximum Gasteiger partial charge on any atom is 0.495 e. The zero-order valence-corrected chi connectivity index (χ0v) is 22.7. The molecule has 3 fully saturated rings. The highest BCUT2D eigenvalue weighted by Crippen LogP contribution is 2.65. The summed E-state index contributed by atoms with van der Waals surface area (Å²) in [6.45, 7) is 13.7. The first kappa shape index (κ1) is 23.1. The molecule has 2 bridgehead atoms. The Balaban J connectivity index is 1.53. The highest BCUT2D eigenvalue weighted by atomic mass is 16.7. The summed E-state index contributed by atoms with van der Waals surface area (Å²) in [5.41, 5.74) is 6.47. The van der Waals surface area contributed by atoms with Crippen molar-refractivity contribution in [1.29, 1.82) is 0 Å². The molecule has 7 rings (SSSR count). The van der Waals surface area contributed by atoms with Crippen molar-refractivity contribution in [3.8, 4) is 11.1 Å². The molecule has 0 N–H and O–H groups in total. The molecule has 5 unspecified atom stereocenters. The Labute approximate surface area is 216 Å². The lowest BCUT2D eigenvalue weighted by Gasteiger charge is -2.54. The van der Waals surface area contributed by atoms with E-state index in [1.807, 2.05) is 0 Å². The van der Waals surface area contributed by atoms with Crippen LogP contribution in [-0.2, 0) is 14.7 Å². The van der Waals surface area contributed by atoms with Gasteiger partial charge in [-0.2, -0.15) is 0 Å². The van der Waals surface area contributed by atoms with E-state index in [4.69, 9.17) is 9.31 Å². The van der Waals surface area contributed by atoms with Crippen molar-refractivity contribution in [2.24, 2.45) is 23.7 Å². The van der Waals surface area contributed by atoms with Crippen LogP contribution in [0.3, 0.4) is 0 Å². The molecule has 186 valence electrons. The summed E-state index contributed by atoms with van der Waals surface area (Å²) in [6.07, 6.45) is 5.41. The van der Waals surface area contributed by atoms with E-state index in [2.05, 4.69) is 96.1 Å². The van der Waals surface area contributed by atoms with Crippen LogP contribution >= 0.6 is 0 Å². The van der Waals surface area contributed by atoms with E-state index in [1.165, 1.54) is 58.6 Å². The van der Waals surface area contributed by atoms with E-state index in [0.717, 1.165) is 11.8 Å². The van der Waals surface area contributed by atoms with Gasteiger partial charge in [0.05, 0.1) is 11.2 Å². The van der Waals surface area contributed by atoms with Crippen LogP contribution in [0, 0.1) is 23.7 Å². The van der Waals surface area contributed by atoms with Crippen LogP contribution < -0.4 is 5.46 Å². The molecular weight excluding hydrogens is 439 g/mol. The minimum absolute atomic E-state index is 0.0519. The maximum absolute atomic E-state index is 6.66. The normalized spacial score (nSPS) is 33.7. The van der Waals surface area contributed by atoms with Crippen LogP contribution in [-0.4, -0.2) is 18.3 Å². The molecule has 3 aromatic rings. The lowest BCUT2D eigenvalue weighted by molar-refractivity contribution is 0.00578. The molecule has 1 heterocycles. The second-order valence-electron chi connectivity index (χ2n) is 13.4. The van der Waals surface area contributed by atoms with Crippen LogP contribution in [0.1, 0.15) is 78.4 Å². The van der Waals surface area contributed by atoms with Gasteiger partial charge in [0, 0.05) is 5.41 Å². The molecule has 0 aromatic heterocycles. The minimum Gasteiger partial charge on any atom is -0.399 e. The Morgan fingerprint density at radius 3 is 2.31 bits per heavy atom. The van der Waals surface area contributed by atoms with Gasteiger partial charge in [0.25, 0.3) is 0 Å². The van der Waals surface area contributed by atoms with Crippen molar-refractivity contribution >= 4 is 23.4 Å². The third-order valence-electron chi connectivity index (χ3n) is 10.8. The van der Waals surface area contributed by atoms with Crippen molar-refractivity contribution in [3.05, 3.63) is 65.7 Å². The molecule has 2 saturated carbocycles. The number of rotatable bonds is 1. The quantitative estimate of drug-likeness (QED) is 0.337. The highest BCUT2D eigenvalue weighted by Gasteiger charge is 2.59. The molecule has 1 spiro atoms. The summed E-state index contributed by atoms with van der Waals surface area (Å²) < 4.78 is 13.3. The molecule has 36 heavy (non-hydrogen) atoms. The van der Waals surface area contributed by atoms with Crippen molar-refractivity contribution < 1.29 is 9.31 Å². The van der Waals surface area contributed by atoms with Crippen LogP contribution in [0.25, 0.3) is 21.9 Å². The lowest BCUT2D eigenvalue weighted by atomic mass is 9.49. The first-order valence-corrected chi connectivity index (χ1v) is 14.1. The maximum atomic E-state index is 6.66. The van der Waals surface area contributed by atoms with E-state index in [-0.39, 0.29) is 23.7 Å². The van der Waals surface area contributed by atoms with Gasteiger partial charge in [-0.1, -0.05) is 68.4 Å². The first-order chi connectivity index (χ1) is 17.1. The molecule has 0 radical (unpaired) electrons. The van der Waals surface area contributed by atoms with Gasteiger partial charge >= 0.3 is 7.12 Å². The Morgan fingerprint density at radius 1 is 0.778 bits per heavy atom. The Kier molecular flexibility index (Phi) is 4.79. The summed E-state index contributed by atoms with van der Waals surface area (Å²) in [5.74, 6) is 2.95. The van der Waals surface area contributed by atoms with Crippen LogP contribution in [0.15, 0.2) is 54.6 Å². The molecule has 3 aliphatic carbocycles. The van der Waals surface area contributed by atoms with E-state index < -0.39 is 0 Å². The van der Waals surface area contributed by atoms with Gasteiger partial charge in [-0.3, -0.25) is 0 Å². The average molecular weight is 478 g/mol. The third-order valence-corrected chi connectivity index (χ3v) is 10.8. The molecule has 3 aromatic carbocycles. The molecule has 2 nitrogen and oxygen atoms in total. The minimum atomic E-state index is -0.354. The Morgan fingerprint density at radius 2 is 1.53 bits per heavy atom. The fourth-order valence-corrected chi connectivity index (χ4v) is 8.78. The monoisotopic (exact) mass is 478 g/mol. The van der Waals surface area contributed by atoms with Crippen molar-refractivity contribution in [3.63, 3.8) is 0 Å². The van der Waals surface area contributed by atoms with Gasteiger partial charge in [-0.15, -0.1) is 0 Å². The van der Waals surface area contributed by atoms with E-state index >= 15 is 0 Å². The smallest absolute Gasteiger partial charge is 0.399 e. The van der Waals surface area contributed by atoms with E-state index in [0.29, 0.717) is 11.8 Å². The van der Waals surface area contributed by atoms with Gasteiger partial charge in [0.2, 0.25) is 0 Å². The standard InChI is InChI=1S/C33H39BO2/c1-20-16-22-18-21(2)33(24(17-20)19-22)27-12-9-13-28(34-35-31(3,4)32(5,6)36-34)29(27)26-15-14-23-10-7-8-11-25(23)30(26)33/h7-15,20-22,24H,16-19H2,1-6H3. The van der Waals surface area contributed by atoms with Gasteiger partial charge in [-0.25, -0.2) is 0 Å². The summed E-state index contributed by atoms with van der Waals surface area (Å²) in [7, 11) is -0.351. The fraction of sp³-hybridized carbons (Fsp3) is 0.515. The van der Waals surface area contributed by atoms with Crippen LogP contribution in [0.4, 0.5) is 0 Å². The predicted molar refractivity (Wildman–Crippen MR) is 150 cm³/mol. The fourth-order valence-electron chi connectivity index (χ4n) is 8.78. The molecule has 3 heteroatoms. The first-order valence-electron chi connectivity index (χ1n) is 14.1. The lowest BCUT2D eigenvalue weighted by Crippen LogP contribution is -2.49. The average Bonchev–Trinajstić information content (AvgIpc) is 3.25. The number of hydrogen-bond donors (Lipinski definition) is 0. The van der Waals surface area contributed by atoms with Crippen LogP contribution in [0.2, 0.25) is 0 Å². The third kappa shape index (κ3) is 2.88. The SMILES string of the molecule is CC1CC2CC(C)C3(c4cccc(B5OC(C)(C)C(C)(C)O5)c4-c4ccc5ccccc5c43)C(C1)C2. The number of hydrogen-bond acceptors (Lipinski definition) is 2. The summed E-state index contributed by atoms with van der Waals surface area (Å²) in [6, 6.07) is 20.8. The topological polar surface area (TPSA) is 18.5 Å². The largest absolute Gasteiger partial charge is 0.495 e. The Hall–Kier alpha value is -2.10. The molecule has 1 aliphatic heterocycles. The van der Waals surface area contributed by atoms with Crippen molar-refractivity contribution in [1.82, 2.24) is 0 Å². The van der Waals surface area contributed by atoms with Crippen molar-refractivity contribution in [2.75, 3.05) is 0 Å². The molecule has 5 atom stereocenters. The highest BCUT2D eigenvalue weighted by molar-refractivity contribution is 6.64. The summed E-state index contributed by atoms with van der Waals surface area (Å²) >= 11 is 0. The van der Waals surface area contributed by atoms with Gasteiger partial charge in [0.1, 0.15) is 0 Å². The molecule has 1 saturated heterocycles. The zero-order chi connectivity index (χ0) is 25.0. The number of fused-ring (bicyclic) bond motifs is 10. The second kappa shape index (κ2) is 7.48. The Bertz CT molecular complexity index is 1350. The van der Waals surface area contributed by atoms with Crippen molar-refractivity contribution in [2.45, 2.75) is 83.8 Å². The van der Waals surface area contributed by atoms with Gasteiger partial charge in [0.15, 0.2) is 0 Å². The van der Waals surface area contributed by atoms with Gasteiger partial charge in [-0.05, 0) is 116 Å². The molecular formula is C33H39BO2. The van der Waals surface area contributed by atoms with E-state index in [9.17, 15) is 0 Å². The zero-order valence-electron chi connectivity index (χ0n) is 22.7. The number of benzene rings is 3. The summed E-state index contributed by atoms with van der Waals surface area (Å²) in [4.78, 5) is 0.